The predicted molar refractivity (Wildman–Crippen MR) is 87.4 cm³/mol. The minimum atomic E-state index is 0.384. The summed E-state index contributed by atoms with van der Waals surface area (Å²) in [5.74, 6) is 1.17. The van der Waals surface area contributed by atoms with Crippen LogP contribution in [0, 0.1) is 6.92 Å². The van der Waals surface area contributed by atoms with Gasteiger partial charge in [-0.15, -0.1) is 0 Å². The summed E-state index contributed by atoms with van der Waals surface area (Å²) < 4.78 is 5.91. The van der Waals surface area contributed by atoms with Crippen molar-refractivity contribution in [2.75, 3.05) is 5.73 Å². The second kappa shape index (κ2) is 5.43. The van der Waals surface area contributed by atoms with E-state index in [1.54, 1.807) is 30.5 Å². The summed E-state index contributed by atoms with van der Waals surface area (Å²) in [6.45, 7) is 1.92. The van der Waals surface area contributed by atoms with Gasteiger partial charge in [0.25, 0.3) is 0 Å². The normalized spacial score (nSPS) is 10.8. The van der Waals surface area contributed by atoms with Gasteiger partial charge in [0.05, 0.1) is 5.02 Å². The first-order valence-electron chi connectivity index (χ1n) is 6.33. The lowest BCUT2D eigenvalue weighted by Crippen LogP contribution is -1.93. The molecule has 0 spiro atoms. The average molecular weight is 319 g/mol. The number of rotatable bonds is 2. The maximum atomic E-state index is 6.16. The Bertz CT molecular complexity index is 834. The number of aryl methyl sites for hydroxylation is 1. The van der Waals surface area contributed by atoms with Crippen LogP contribution in [0.15, 0.2) is 42.6 Å². The van der Waals surface area contributed by atoms with Crippen LogP contribution in [0.25, 0.3) is 10.8 Å². The van der Waals surface area contributed by atoms with E-state index < -0.39 is 0 Å². The Morgan fingerprint density at radius 1 is 1.05 bits per heavy atom. The van der Waals surface area contributed by atoms with Crippen LogP contribution in [-0.2, 0) is 0 Å². The van der Waals surface area contributed by atoms with E-state index in [2.05, 4.69) is 4.98 Å². The minimum absolute atomic E-state index is 0.384. The van der Waals surface area contributed by atoms with Gasteiger partial charge >= 0.3 is 0 Å². The van der Waals surface area contributed by atoms with Crippen LogP contribution in [0.5, 0.6) is 11.5 Å². The Hall–Kier alpha value is -1.97. The quantitative estimate of drug-likeness (QED) is 0.658. The number of anilines is 1. The fraction of sp³-hybridized carbons (Fsp3) is 0.0625. The van der Waals surface area contributed by atoms with Gasteiger partial charge in [0.2, 0.25) is 0 Å². The number of pyridine rings is 1. The Labute approximate surface area is 132 Å². The van der Waals surface area contributed by atoms with Crippen molar-refractivity contribution in [2.45, 2.75) is 6.92 Å². The standard InChI is InChI=1S/C16H12Cl2N2O/c1-9-7-10-11(8-20-9)13(19)5-6-14(10)21-15-4-2-3-12(17)16(15)18/h2-8H,19H2,1H3. The number of nitrogen functional groups attached to an aromatic ring is 1. The summed E-state index contributed by atoms with van der Waals surface area (Å²) in [5.41, 5.74) is 7.52. The lowest BCUT2D eigenvalue weighted by molar-refractivity contribution is 0.488. The first-order chi connectivity index (χ1) is 10.1. The Kier molecular flexibility index (Phi) is 3.62. The molecule has 0 aliphatic carbocycles. The fourth-order valence-electron chi connectivity index (χ4n) is 2.11. The van der Waals surface area contributed by atoms with Crippen molar-refractivity contribution in [2.24, 2.45) is 0 Å². The van der Waals surface area contributed by atoms with Crippen molar-refractivity contribution in [3.8, 4) is 11.5 Å². The molecule has 1 aromatic heterocycles. The van der Waals surface area contributed by atoms with Crippen molar-refractivity contribution >= 4 is 39.7 Å². The third-order valence-corrected chi connectivity index (χ3v) is 3.97. The highest BCUT2D eigenvalue weighted by Crippen LogP contribution is 2.38. The van der Waals surface area contributed by atoms with Crippen LogP contribution < -0.4 is 10.5 Å². The van der Waals surface area contributed by atoms with Gasteiger partial charge in [0, 0.05) is 28.4 Å². The fourth-order valence-corrected chi connectivity index (χ4v) is 2.44. The van der Waals surface area contributed by atoms with Gasteiger partial charge in [-0.3, -0.25) is 4.98 Å². The van der Waals surface area contributed by atoms with E-state index in [1.165, 1.54) is 0 Å². The first-order valence-corrected chi connectivity index (χ1v) is 7.08. The molecule has 0 bridgehead atoms. The Morgan fingerprint density at radius 2 is 1.86 bits per heavy atom. The number of hydrogen-bond acceptors (Lipinski definition) is 3. The Morgan fingerprint density at radius 3 is 2.67 bits per heavy atom. The first kappa shape index (κ1) is 14.0. The molecule has 0 unspecified atom stereocenters. The van der Waals surface area contributed by atoms with E-state index in [9.17, 15) is 0 Å². The van der Waals surface area contributed by atoms with E-state index in [1.807, 2.05) is 19.1 Å². The van der Waals surface area contributed by atoms with Gasteiger partial charge < -0.3 is 10.5 Å². The molecule has 0 aliphatic heterocycles. The molecular weight excluding hydrogens is 307 g/mol. The summed E-state index contributed by atoms with van der Waals surface area (Å²) in [4.78, 5) is 4.27. The molecule has 2 aromatic carbocycles. The highest BCUT2D eigenvalue weighted by molar-refractivity contribution is 6.42. The molecule has 0 saturated heterocycles. The van der Waals surface area contributed by atoms with Crippen LogP contribution in [-0.4, -0.2) is 4.98 Å². The summed E-state index contributed by atoms with van der Waals surface area (Å²) in [6.07, 6.45) is 1.74. The average Bonchev–Trinajstić information content (AvgIpc) is 2.46. The van der Waals surface area contributed by atoms with E-state index in [0.717, 1.165) is 16.5 Å². The summed E-state index contributed by atoms with van der Waals surface area (Å²) in [7, 11) is 0. The lowest BCUT2D eigenvalue weighted by Gasteiger charge is -2.12. The molecule has 1 heterocycles. The lowest BCUT2D eigenvalue weighted by atomic mass is 10.1. The number of benzene rings is 2. The molecule has 0 aliphatic rings. The van der Waals surface area contributed by atoms with Crippen molar-refractivity contribution in [1.82, 2.24) is 4.98 Å². The van der Waals surface area contributed by atoms with E-state index >= 15 is 0 Å². The zero-order valence-corrected chi connectivity index (χ0v) is 12.7. The van der Waals surface area contributed by atoms with Gasteiger partial charge in [-0.25, -0.2) is 0 Å². The minimum Gasteiger partial charge on any atom is -0.455 e. The van der Waals surface area contributed by atoms with Crippen molar-refractivity contribution in [3.05, 3.63) is 58.3 Å². The highest BCUT2D eigenvalue weighted by atomic mass is 35.5. The molecule has 3 nitrogen and oxygen atoms in total. The van der Waals surface area contributed by atoms with Crippen LogP contribution in [0.4, 0.5) is 5.69 Å². The molecule has 3 rings (SSSR count). The summed E-state index contributed by atoms with van der Waals surface area (Å²) >= 11 is 12.2. The molecule has 0 fully saturated rings. The monoisotopic (exact) mass is 318 g/mol. The number of fused-ring (bicyclic) bond motifs is 1. The number of halogens is 2. The molecule has 5 heteroatoms. The van der Waals surface area contributed by atoms with Gasteiger partial charge in [-0.2, -0.15) is 0 Å². The zero-order chi connectivity index (χ0) is 15.0. The molecular formula is C16H12Cl2N2O. The number of aromatic nitrogens is 1. The van der Waals surface area contributed by atoms with Gasteiger partial charge in [0.1, 0.15) is 16.5 Å². The molecule has 0 atom stereocenters. The van der Waals surface area contributed by atoms with E-state index in [4.69, 9.17) is 33.7 Å². The maximum absolute atomic E-state index is 6.16. The maximum Gasteiger partial charge on any atom is 0.147 e. The number of ether oxygens (including phenoxy) is 1. The SMILES string of the molecule is Cc1cc2c(Oc3cccc(Cl)c3Cl)ccc(N)c2cn1. The molecule has 21 heavy (non-hydrogen) atoms. The third-order valence-electron chi connectivity index (χ3n) is 3.17. The second-order valence-corrected chi connectivity index (χ2v) is 5.46. The summed E-state index contributed by atoms with van der Waals surface area (Å²) in [5, 5.41) is 2.57. The van der Waals surface area contributed by atoms with Crippen molar-refractivity contribution in [1.29, 1.82) is 0 Å². The molecule has 0 saturated carbocycles. The number of nitrogens with two attached hydrogens (primary N) is 1. The summed E-state index contributed by atoms with van der Waals surface area (Å²) in [6, 6.07) is 10.8. The molecule has 106 valence electrons. The second-order valence-electron chi connectivity index (χ2n) is 4.68. The largest absolute Gasteiger partial charge is 0.455 e. The number of nitrogens with zero attached hydrogens (tertiary/aromatic N) is 1. The highest BCUT2D eigenvalue weighted by Gasteiger charge is 2.11. The van der Waals surface area contributed by atoms with Gasteiger partial charge in [0.15, 0.2) is 0 Å². The molecule has 0 amide bonds. The van der Waals surface area contributed by atoms with Crippen LogP contribution in [0.1, 0.15) is 5.69 Å². The topological polar surface area (TPSA) is 48.1 Å². The third kappa shape index (κ3) is 2.62. The van der Waals surface area contributed by atoms with Crippen molar-refractivity contribution in [3.63, 3.8) is 0 Å². The molecule has 3 aromatic rings. The van der Waals surface area contributed by atoms with Gasteiger partial charge in [-0.1, -0.05) is 29.3 Å². The van der Waals surface area contributed by atoms with Gasteiger partial charge in [-0.05, 0) is 37.3 Å². The Balaban J connectivity index is 2.15. The van der Waals surface area contributed by atoms with E-state index in [0.29, 0.717) is 27.2 Å². The van der Waals surface area contributed by atoms with Crippen LogP contribution >= 0.6 is 23.2 Å². The smallest absolute Gasteiger partial charge is 0.147 e. The van der Waals surface area contributed by atoms with Crippen LogP contribution in [0.3, 0.4) is 0 Å². The molecule has 0 radical (unpaired) electrons. The molecule has 2 N–H and O–H groups in total. The predicted octanol–water partition coefficient (Wildman–Crippen LogP) is 5.22. The van der Waals surface area contributed by atoms with E-state index in [-0.39, 0.29) is 0 Å². The van der Waals surface area contributed by atoms with Crippen LogP contribution in [0.2, 0.25) is 10.0 Å². The zero-order valence-electron chi connectivity index (χ0n) is 11.2. The number of hydrogen-bond donors (Lipinski definition) is 1. The van der Waals surface area contributed by atoms with Crippen molar-refractivity contribution < 1.29 is 4.74 Å².